The third-order valence-electron chi connectivity index (χ3n) is 8.07. The summed E-state index contributed by atoms with van der Waals surface area (Å²) in [5, 5.41) is 0. The molecular formula is C33H42Cl3N8Os+. The molecule has 0 aliphatic heterocycles. The van der Waals surface area contributed by atoms with Gasteiger partial charge in [-0.05, 0) is 49.9 Å². The van der Waals surface area contributed by atoms with Gasteiger partial charge in [0, 0.05) is 75.6 Å². The van der Waals surface area contributed by atoms with Gasteiger partial charge < -0.3 is 50.9 Å². The zero-order valence-electron chi connectivity index (χ0n) is 25.9. The molecule has 0 N–H and O–H groups in total. The van der Waals surface area contributed by atoms with E-state index < -0.39 is 0 Å². The van der Waals surface area contributed by atoms with Gasteiger partial charge in [0.1, 0.15) is 17.2 Å². The summed E-state index contributed by atoms with van der Waals surface area (Å²) in [4.78, 5) is 21.4. The number of rotatable bonds is 4. The Balaban J connectivity index is 0.000000330. The summed E-state index contributed by atoms with van der Waals surface area (Å²) in [6.07, 6.45) is 29.1. The Morgan fingerprint density at radius 1 is 0.533 bits per heavy atom. The van der Waals surface area contributed by atoms with Gasteiger partial charge >= 0.3 is 19.8 Å². The van der Waals surface area contributed by atoms with Crippen molar-refractivity contribution in [1.29, 1.82) is 0 Å². The van der Waals surface area contributed by atoms with Gasteiger partial charge in [0.25, 0.3) is 0 Å². The molecule has 5 aromatic heterocycles. The summed E-state index contributed by atoms with van der Waals surface area (Å²) in [5.41, 5.74) is 1.81. The summed E-state index contributed by atoms with van der Waals surface area (Å²) in [7, 11) is 3.91. The average Bonchev–Trinajstić information content (AvgIpc) is 3.81. The van der Waals surface area contributed by atoms with Crippen LogP contribution in [0.2, 0.25) is 0 Å². The van der Waals surface area contributed by atoms with Crippen molar-refractivity contribution in [2.45, 2.75) is 76.2 Å². The Bertz CT molecular complexity index is 1340. The summed E-state index contributed by atoms with van der Waals surface area (Å²) in [5.74, 6) is 3.95. The second-order valence-electron chi connectivity index (χ2n) is 11.0. The van der Waals surface area contributed by atoms with Crippen molar-refractivity contribution in [2.24, 2.45) is 14.1 Å². The molecule has 2 aliphatic carbocycles. The van der Waals surface area contributed by atoms with Gasteiger partial charge in [-0.25, -0.2) is 15.0 Å². The molecule has 242 valence electrons. The Morgan fingerprint density at radius 3 is 1.42 bits per heavy atom. The molecule has 0 saturated heterocycles. The topological polar surface area (TPSA) is 79.2 Å². The minimum absolute atomic E-state index is 0. The van der Waals surface area contributed by atoms with E-state index in [0.717, 1.165) is 35.0 Å². The van der Waals surface area contributed by atoms with E-state index in [2.05, 4.69) is 35.7 Å². The van der Waals surface area contributed by atoms with Crippen LogP contribution in [-0.2, 0) is 33.9 Å². The number of hydrogen-bond acceptors (Lipinski definition) is 5. The molecule has 0 radical (unpaired) electrons. The smallest absolute Gasteiger partial charge is 1.00 e. The van der Waals surface area contributed by atoms with Crippen LogP contribution in [0, 0.1) is 0 Å². The van der Waals surface area contributed by atoms with Crippen LogP contribution in [-0.4, -0.2) is 38.6 Å². The van der Waals surface area contributed by atoms with Crippen LogP contribution in [0.4, 0.5) is 0 Å². The molecule has 45 heavy (non-hydrogen) atoms. The van der Waals surface area contributed by atoms with Crippen molar-refractivity contribution in [3.63, 3.8) is 0 Å². The van der Waals surface area contributed by atoms with Crippen molar-refractivity contribution in [3.8, 4) is 23.0 Å². The van der Waals surface area contributed by atoms with E-state index in [9.17, 15) is 0 Å². The quantitative estimate of drug-likeness (QED) is 0.218. The molecule has 0 amide bonds. The monoisotopic (exact) mass is 847 g/mol. The molecule has 5 heterocycles. The molecule has 2 aliphatic rings. The van der Waals surface area contributed by atoms with Gasteiger partial charge in [-0.15, -0.1) is 0 Å². The Morgan fingerprint density at radius 2 is 1.00 bits per heavy atom. The predicted molar refractivity (Wildman–Crippen MR) is 163 cm³/mol. The van der Waals surface area contributed by atoms with Crippen LogP contribution in [0.1, 0.15) is 82.0 Å². The van der Waals surface area contributed by atoms with Crippen molar-refractivity contribution >= 4 is 0 Å². The number of pyridine rings is 2. The van der Waals surface area contributed by atoms with E-state index in [-0.39, 0.29) is 57.0 Å². The first kappa shape index (κ1) is 40.5. The minimum atomic E-state index is 0. The van der Waals surface area contributed by atoms with Crippen molar-refractivity contribution < 1.29 is 57.0 Å². The van der Waals surface area contributed by atoms with Gasteiger partial charge in [-0.1, -0.05) is 50.7 Å². The van der Waals surface area contributed by atoms with Crippen LogP contribution < -0.4 is 37.2 Å². The average molecular weight is 847 g/mol. The number of hydrogen-bond donors (Lipinski definition) is 0. The molecule has 7 rings (SSSR count). The number of halogens is 3. The molecule has 2 fully saturated rings. The second-order valence-corrected chi connectivity index (χ2v) is 11.0. The van der Waals surface area contributed by atoms with Crippen LogP contribution in [0.25, 0.3) is 23.0 Å². The summed E-state index contributed by atoms with van der Waals surface area (Å²) < 4.78 is 6.42. The van der Waals surface area contributed by atoms with Gasteiger partial charge in [0.05, 0.1) is 0 Å². The fourth-order valence-electron chi connectivity index (χ4n) is 5.88. The Kier molecular flexibility index (Phi) is 19.1. The normalized spacial score (nSPS) is 14.4. The third-order valence-corrected chi connectivity index (χ3v) is 8.07. The maximum atomic E-state index is 4.68. The number of nitrogens with zero attached hydrogens (tertiary/aromatic N) is 8. The van der Waals surface area contributed by atoms with E-state index in [1.807, 2.05) is 78.2 Å². The molecule has 0 atom stereocenters. The molecule has 8 nitrogen and oxygen atoms in total. The minimum Gasteiger partial charge on any atom is -1.00 e. The van der Waals surface area contributed by atoms with Crippen LogP contribution in [0.5, 0.6) is 0 Å². The standard InChI is InChI=1S/C15H24N2.2C9H9N3.3ClH.Os/c1-3-7-13(8-4-1)15-16-11-12-17(15)14-9-5-2-6-10-14;2*1-12-7-6-11-9(12)8-4-2-3-5-10-8;;;;/h11-14H,1-10H2;2*2-7H,1H3;3*1H;/q;;;;;;+4/p-3. The van der Waals surface area contributed by atoms with Crippen LogP contribution in [0.15, 0.2) is 86.0 Å². The van der Waals surface area contributed by atoms with E-state index in [0.29, 0.717) is 0 Å². The molecular weight excluding hydrogens is 805 g/mol. The molecule has 2 saturated carbocycles. The van der Waals surface area contributed by atoms with E-state index in [1.54, 1.807) is 24.8 Å². The second kappa shape index (κ2) is 21.3. The molecule has 0 unspecified atom stereocenters. The molecule has 12 heteroatoms. The SMILES string of the molecule is Cn1ccnc1-c1ccccn1.Cn1ccnc1-c1ccccn1.[Cl-].[Cl-].[Cl-].[Os+4].c1cn(C2CCCCC2)c(C2CCCCC2)n1. The van der Waals surface area contributed by atoms with Crippen molar-refractivity contribution in [3.05, 3.63) is 91.8 Å². The Labute approximate surface area is 299 Å². The van der Waals surface area contributed by atoms with Crippen LogP contribution in [0.3, 0.4) is 0 Å². The van der Waals surface area contributed by atoms with E-state index in [4.69, 9.17) is 0 Å². The van der Waals surface area contributed by atoms with E-state index >= 15 is 0 Å². The maximum Gasteiger partial charge on any atom is 4.00 e. The first-order valence-corrected chi connectivity index (χ1v) is 15.0. The van der Waals surface area contributed by atoms with Crippen molar-refractivity contribution in [1.82, 2.24) is 38.6 Å². The van der Waals surface area contributed by atoms with Crippen LogP contribution >= 0.6 is 0 Å². The maximum absolute atomic E-state index is 4.68. The Hall–Kier alpha value is -2.56. The molecule has 5 aromatic rings. The van der Waals surface area contributed by atoms with Gasteiger partial charge in [0.15, 0.2) is 11.6 Å². The summed E-state index contributed by atoms with van der Waals surface area (Å²) >= 11 is 0. The molecule has 0 aromatic carbocycles. The fourth-order valence-corrected chi connectivity index (χ4v) is 5.88. The molecule has 0 bridgehead atoms. The fraction of sp³-hybridized carbons (Fsp3) is 0.424. The number of aromatic nitrogens is 8. The first-order chi connectivity index (χ1) is 20.2. The van der Waals surface area contributed by atoms with Gasteiger partial charge in [-0.2, -0.15) is 0 Å². The summed E-state index contributed by atoms with van der Waals surface area (Å²) in [6.45, 7) is 0. The first-order valence-electron chi connectivity index (χ1n) is 15.0. The molecule has 0 spiro atoms. The van der Waals surface area contributed by atoms with Crippen molar-refractivity contribution in [2.75, 3.05) is 0 Å². The van der Waals surface area contributed by atoms with E-state index in [1.165, 1.54) is 70.0 Å². The van der Waals surface area contributed by atoms with Gasteiger partial charge in [0.2, 0.25) is 0 Å². The summed E-state index contributed by atoms with van der Waals surface area (Å²) in [6, 6.07) is 12.3. The number of imidazole rings is 3. The predicted octanol–water partition coefficient (Wildman–Crippen LogP) is -1.59. The largest absolute Gasteiger partial charge is 4.00 e. The number of aryl methyl sites for hydroxylation is 2. The zero-order valence-corrected chi connectivity index (χ0v) is 30.7. The zero-order chi connectivity index (χ0) is 28.3. The van der Waals surface area contributed by atoms with Gasteiger partial charge in [-0.3, -0.25) is 9.97 Å². The third kappa shape index (κ3) is 11.3.